The Kier molecular flexibility index (Phi) is 3.39. The van der Waals surface area contributed by atoms with Gasteiger partial charge < -0.3 is 9.73 Å². The van der Waals surface area contributed by atoms with E-state index in [1.807, 2.05) is 30.3 Å². The van der Waals surface area contributed by atoms with E-state index in [2.05, 4.69) is 10.3 Å². The lowest BCUT2D eigenvalue weighted by Gasteiger charge is -2.11. The molecule has 106 valence electrons. The van der Waals surface area contributed by atoms with Gasteiger partial charge in [-0.1, -0.05) is 18.2 Å². The molecule has 0 spiro atoms. The molecule has 5 heteroatoms. The Hall–Kier alpha value is -2.69. The highest BCUT2D eigenvalue weighted by Gasteiger charge is 2.17. The Balaban J connectivity index is 1.81. The molecule has 3 rings (SSSR count). The lowest BCUT2D eigenvalue weighted by Crippen LogP contribution is -2.27. The Morgan fingerprint density at radius 2 is 2.10 bits per heavy atom. The number of amides is 1. The summed E-state index contributed by atoms with van der Waals surface area (Å²) in [5.74, 6) is -0.686. The van der Waals surface area contributed by atoms with Gasteiger partial charge in [0, 0.05) is 11.6 Å². The van der Waals surface area contributed by atoms with E-state index in [1.54, 1.807) is 6.92 Å². The van der Waals surface area contributed by atoms with Gasteiger partial charge in [-0.2, -0.15) is 4.39 Å². The van der Waals surface area contributed by atoms with E-state index in [1.165, 1.54) is 18.3 Å². The highest BCUT2D eigenvalue weighted by atomic mass is 19.1. The van der Waals surface area contributed by atoms with Crippen molar-refractivity contribution in [2.24, 2.45) is 0 Å². The second kappa shape index (κ2) is 5.36. The minimum absolute atomic E-state index is 0.0829. The second-order valence-electron chi connectivity index (χ2n) is 4.72. The van der Waals surface area contributed by atoms with E-state index in [0.29, 0.717) is 5.76 Å². The van der Waals surface area contributed by atoms with Crippen molar-refractivity contribution in [3.63, 3.8) is 0 Å². The van der Waals surface area contributed by atoms with Crippen molar-refractivity contribution in [3.05, 3.63) is 65.9 Å². The van der Waals surface area contributed by atoms with Crippen LogP contribution in [0.15, 0.2) is 53.1 Å². The first-order chi connectivity index (χ1) is 10.1. The minimum atomic E-state index is -0.785. The monoisotopic (exact) mass is 284 g/mol. The quantitative estimate of drug-likeness (QED) is 0.749. The molecule has 0 aliphatic carbocycles. The average molecular weight is 284 g/mol. The third kappa shape index (κ3) is 2.63. The molecule has 1 unspecified atom stereocenters. The number of carbonyl (C=O) groups is 1. The van der Waals surface area contributed by atoms with E-state index in [0.717, 1.165) is 11.0 Å². The molecule has 0 saturated heterocycles. The van der Waals surface area contributed by atoms with Crippen LogP contribution in [-0.4, -0.2) is 10.9 Å². The fourth-order valence-corrected chi connectivity index (χ4v) is 2.12. The average Bonchev–Trinajstić information content (AvgIpc) is 2.91. The molecule has 2 aromatic heterocycles. The number of hydrogen-bond acceptors (Lipinski definition) is 3. The fourth-order valence-electron chi connectivity index (χ4n) is 2.12. The molecule has 4 nitrogen and oxygen atoms in total. The summed E-state index contributed by atoms with van der Waals surface area (Å²) in [5, 5.41) is 3.66. The minimum Gasteiger partial charge on any atom is -0.459 e. The van der Waals surface area contributed by atoms with E-state index >= 15 is 0 Å². The first-order valence-corrected chi connectivity index (χ1v) is 6.55. The Bertz CT molecular complexity index is 765. The zero-order chi connectivity index (χ0) is 14.8. The normalized spacial score (nSPS) is 12.3. The number of fused-ring (bicyclic) bond motifs is 1. The third-order valence-electron chi connectivity index (χ3n) is 3.22. The van der Waals surface area contributed by atoms with Gasteiger partial charge in [-0.05, 0) is 31.2 Å². The highest BCUT2D eigenvalue weighted by molar-refractivity contribution is 5.94. The molecule has 0 aliphatic rings. The molecule has 1 aromatic carbocycles. The summed E-state index contributed by atoms with van der Waals surface area (Å²) in [6, 6.07) is 12.0. The maximum Gasteiger partial charge on any atom is 0.256 e. The van der Waals surface area contributed by atoms with Gasteiger partial charge >= 0.3 is 0 Å². The van der Waals surface area contributed by atoms with Crippen molar-refractivity contribution in [2.45, 2.75) is 13.0 Å². The standard InChI is InChI=1S/C16H13FN2O2/c1-10(14-9-11-5-2-3-7-13(11)21-14)19-16(20)12-6-4-8-18-15(12)17/h2-10H,1H3,(H,19,20). The first-order valence-electron chi connectivity index (χ1n) is 6.55. The number of aromatic nitrogens is 1. The van der Waals surface area contributed by atoms with Gasteiger partial charge in [-0.15, -0.1) is 0 Å². The number of nitrogens with one attached hydrogen (secondary N) is 1. The number of benzene rings is 1. The highest BCUT2D eigenvalue weighted by Crippen LogP contribution is 2.23. The van der Waals surface area contributed by atoms with Gasteiger partial charge in [0.2, 0.25) is 5.95 Å². The molecule has 0 bridgehead atoms. The Morgan fingerprint density at radius 1 is 1.29 bits per heavy atom. The number of nitrogens with zero attached hydrogens (tertiary/aromatic N) is 1. The summed E-state index contributed by atoms with van der Waals surface area (Å²) in [5.41, 5.74) is 0.668. The van der Waals surface area contributed by atoms with Gasteiger partial charge in [0.15, 0.2) is 0 Å². The molecular formula is C16H13FN2O2. The molecule has 1 N–H and O–H groups in total. The van der Waals surface area contributed by atoms with Crippen LogP contribution in [0, 0.1) is 5.95 Å². The Morgan fingerprint density at radius 3 is 2.86 bits per heavy atom. The van der Waals surface area contributed by atoms with E-state index in [9.17, 15) is 9.18 Å². The van der Waals surface area contributed by atoms with Crippen LogP contribution in [0.4, 0.5) is 4.39 Å². The van der Waals surface area contributed by atoms with Gasteiger partial charge in [0.1, 0.15) is 11.3 Å². The molecule has 0 aliphatic heterocycles. The van der Waals surface area contributed by atoms with Gasteiger partial charge in [-0.3, -0.25) is 4.79 Å². The number of para-hydroxylation sites is 1. The van der Waals surface area contributed by atoms with Crippen molar-refractivity contribution >= 4 is 16.9 Å². The number of carbonyl (C=O) groups excluding carboxylic acids is 1. The fraction of sp³-hybridized carbons (Fsp3) is 0.125. The summed E-state index contributed by atoms with van der Waals surface area (Å²) in [7, 11) is 0. The van der Waals surface area contributed by atoms with Crippen LogP contribution in [0.2, 0.25) is 0 Å². The van der Waals surface area contributed by atoms with Crippen LogP contribution in [0.25, 0.3) is 11.0 Å². The first kappa shape index (κ1) is 13.3. The van der Waals surface area contributed by atoms with Crippen molar-refractivity contribution in [1.29, 1.82) is 0 Å². The summed E-state index contributed by atoms with van der Waals surface area (Å²) in [6.45, 7) is 1.78. The van der Waals surface area contributed by atoms with Crippen LogP contribution >= 0.6 is 0 Å². The lowest BCUT2D eigenvalue weighted by atomic mass is 10.2. The van der Waals surface area contributed by atoms with Crippen LogP contribution in [0.1, 0.15) is 29.1 Å². The zero-order valence-electron chi connectivity index (χ0n) is 11.3. The van der Waals surface area contributed by atoms with Crippen LogP contribution in [0.5, 0.6) is 0 Å². The predicted octanol–water partition coefficient (Wildman–Crippen LogP) is 3.46. The molecule has 1 atom stereocenters. The molecule has 0 saturated carbocycles. The van der Waals surface area contributed by atoms with Gasteiger partial charge in [0.25, 0.3) is 5.91 Å². The number of hydrogen-bond donors (Lipinski definition) is 1. The predicted molar refractivity (Wildman–Crippen MR) is 76.3 cm³/mol. The number of pyridine rings is 1. The molecule has 1 amide bonds. The SMILES string of the molecule is CC(NC(=O)c1cccnc1F)c1cc2ccccc2o1. The van der Waals surface area contributed by atoms with Crippen LogP contribution < -0.4 is 5.32 Å². The molecule has 21 heavy (non-hydrogen) atoms. The van der Waals surface area contributed by atoms with Crippen molar-refractivity contribution in [2.75, 3.05) is 0 Å². The van der Waals surface area contributed by atoms with Crippen molar-refractivity contribution < 1.29 is 13.6 Å². The summed E-state index contributed by atoms with van der Waals surface area (Å²) < 4.78 is 19.1. The number of furan rings is 1. The van der Waals surface area contributed by atoms with Crippen molar-refractivity contribution in [3.8, 4) is 0 Å². The van der Waals surface area contributed by atoms with Crippen molar-refractivity contribution in [1.82, 2.24) is 10.3 Å². The molecule has 3 aromatic rings. The topological polar surface area (TPSA) is 55.1 Å². The van der Waals surface area contributed by atoms with Crippen LogP contribution in [0.3, 0.4) is 0 Å². The zero-order valence-corrected chi connectivity index (χ0v) is 11.3. The molecule has 2 heterocycles. The molecule has 0 fully saturated rings. The summed E-state index contributed by atoms with van der Waals surface area (Å²) >= 11 is 0. The number of halogens is 1. The Labute approximate surface area is 120 Å². The lowest BCUT2D eigenvalue weighted by molar-refractivity contribution is 0.0930. The molecule has 0 radical (unpaired) electrons. The van der Waals surface area contributed by atoms with Gasteiger partial charge in [0.05, 0.1) is 11.6 Å². The molecular weight excluding hydrogens is 271 g/mol. The van der Waals surface area contributed by atoms with Gasteiger partial charge in [-0.25, -0.2) is 4.98 Å². The maximum absolute atomic E-state index is 13.5. The summed E-state index contributed by atoms with van der Waals surface area (Å²) in [4.78, 5) is 15.5. The smallest absolute Gasteiger partial charge is 0.256 e. The van der Waals surface area contributed by atoms with E-state index < -0.39 is 11.9 Å². The van der Waals surface area contributed by atoms with E-state index in [-0.39, 0.29) is 11.6 Å². The van der Waals surface area contributed by atoms with Crippen LogP contribution in [-0.2, 0) is 0 Å². The largest absolute Gasteiger partial charge is 0.459 e. The maximum atomic E-state index is 13.5. The third-order valence-corrected chi connectivity index (χ3v) is 3.22. The second-order valence-corrected chi connectivity index (χ2v) is 4.72. The number of rotatable bonds is 3. The van der Waals surface area contributed by atoms with E-state index in [4.69, 9.17) is 4.42 Å². The summed E-state index contributed by atoms with van der Waals surface area (Å²) in [6.07, 6.45) is 1.30.